The second kappa shape index (κ2) is 9.07. The van der Waals surface area contributed by atoms with E-state index in [2.05, 4.69) is 26.8 Å². The van der Waals surface area contributed by atoms with Gasteiger partial charge in [-0.3, -0.25) is 0 Å². The highest BCUT2D eigenvalue weighted by Crippen LogP contribution is 2.30. The number of benzene rings is 1. The molecule has 1 aliphatic rings. The molecule has 0 aliphatic heterocycles. The summed E-state index contributed by atoms with van der Waals surface area (Å²) >= 11 is 0. The van der Waals surface area contributed by atoms with E-state index in [1.54, 1.807) is 0 Å². The molecule has 4 heteroatoms. The maximum atomic E-state index is 12.4. The Kier molecular flexibility index (Phi) is 7.33. The van der Waals surface area contributed by atoms with Crippen molar-refractivity contribution in [3.05, 3.63) is 42.0 Å². The first-order chi connectivity index (χ1) is 12.1. The zero-order chi connectivity index (χ0) is 19.2. The van der Waals surface area contributed by atoms with E-state index < -0.39 is 9.84 Å². The third-order valence-electron chi connectivity index (χ3n) is 4.61. The molecular formula is C22H34O3S. The molecule has 0 aromatic heterocycles. The van der Waals surface area contributed by atoms with Crippen LogP contribution in [0.5, 0.6) is 5.75 Å². The van der Waals surface area contributed by atoms with Crippen molar-refractivity contribution in [3.63, 3.8) is 0 Å². The van der Waals surface area contributed by atoms with E-state index in [1.807, 2.05) is 37.3 Å². The van der Waals surface area contributed by atoms with Crippen molar-refractivity contribution in [3.8, 4) is 5.75 Å². The lowest BCUT2D eigenvalue weighted by Gasteiger charge is -2.15. The SMILES string of the molecule is C[C@@H](CS(=O)(=O)CC/C=C\CC(C)(C)C)c1cccc(OCC2CC2)c1. The van der Waals surface area contributed by atoms with Gasteiger partial charge in [-0.2, -0.15) is 0 Å². The minimum atomic E-state index is -3.07. The van der Waals surface area contributed by atoms with E-state index in [4.69, 9.17) is 4.74 Å². The van der Waals surface area contributed by atoms with Crippen LogP contribution in [0.3, 0.4) is 0 Å². The normalized spacial score (nSPS) is 16.8. The summed E-state index contributed by atoms with van der Waals surface area (Å²) in [6.45, 7) is 9.29. The molecule has 1 aromatic rings. The lowest BCUT2D eigenvalue weighted by molar-refractivity contribution is 0.299. The van der Waals surface area contributed by atoms with Crippen molar-refractivity contribution in [1.82, 2.24) is 0 Å². The van der Waals surface area contributed by atoms with Crippen LogP contribution in [-0.2, 0) is 9.84 Å². The summed E-state index contributed by atoms with van der Waals surface area (Å²) < 4.78 is 30.6. The van der Waals surface area contributed by atoms with Crippen molar-refractivity contribution < 1.29 is 13.2 Å². The van der Waals surface area contributed by atoms with Gasteiger partial charge in [-0.15, -0.1) is 0 Å². The molecule has 0 N–H and O–H groups in total. The smallest absolute Gasteiger partial charge is 0.151 e. The molecular weight excluding hydrogens is 344 g/mol. The highest BCUT2D eigenvalue weighted by atomic mass is 32.2. The van der Waals surface area contributed by atoms with Crippen LogP contribution in [0.2, 0.25) is 0 Å². The molecule has 1 atom stereocenters. The second-order valence-corrected chi connectivity index (χ2v) is 11.1. The van der Waals surface area contributed by atoms with Gasteiger partial charge < -0.3 is 4.74 Å². The summed E-state index contributed by atoms with van der Waals surface area (Å²) in [7, 11) is -3.07. The van der Waals surface area contributed by atoms with Crippen LogP contribution in [0.15, 0.2) is 36.4 Å². The van der Waals surface area contributed by atoms with Gasteiger partial charge in [0, 0.05) is 0 Å². The summed E-state index contributed by atoms with van der Waals surface area (Å²) in [6, 6.07) is 7.89. The Balaban J connectivity index is 1.82. The average Bonchev–Trinajstić information content (AvgIpc) is 3.35. The second-order valence-electron chi connectivity index (χ2n) is 8.87. The molecule has 0 spiro atoms. The van der Waals surface area contributed by atoms with E-state index >= 15 is 0 Å². The van der Waals surface area contributed by atoms with E-state index in [-0.39, 0.29) is 22.8 Å². The van der Waals surface area contributed by atoms with Crippen molar-refractivity contribution in [2.24, 2.45) is 11.3 Å². The number of ether oxygens (including phenoxy) is 1. The van der Waals surface area contributed by atoms with Crippen LogP contribution in [0.1, 0.15) is 64.9 Å². The molecule has 0 unspecified atom stereocenters. The molecule has 0 bridgehead atoms. The molecule has 1 fully saturated rings. The van der Waals surface area contributed by atoms with Gasteiger partial charge in [-0.1, -0.05) is 52.0 Å². The predicted octanol–water partition coefficient (Wildman–Crippen LogP) is 5.38. The Bertz CT molecular complexity index is 694. The maximum absolute atomic E-state index is 12.4. The van der Waals surface area contributed by atoms with E-state index in [9.17, 15) is 8.42 Å². The molecule has 2 rings (SSSR count). The van der Waals surface area contributed by atoms with Gasteiger partial charge in [0.05, 0.1) is 18.1 Å². The zero-order valence-electron chi connectivity index (χ0n) is 16.7. The van der Waals surface area contributed by atoms with Crippen molar-refractivity contribution >= 4 is 9.84 Å². The Morgan fingerprint density at radius 1 is 1.23 bits per heavy atom. The first-order valence-electron chi connectivity index (χ1n) is 9.73. The summed E-state index contributed by atoms with van der Waals surface area (Å²) in [5.41, 5.74) is 1.28. The number of hydrogen-bond acceptors (Lipinski definition) is 3. The first kappa shape index (κ1) is 21.0. The quantitative estimate of drug-likeness (QED) is 0.514. The third kappa shape index (κ3) is 8.39. The van der Waals surface area contributed by atoms with Crippen LogP contribution in [-0.4, -0.2) is 26.5 Å². The van der Waals surface area contributed by atoms with Crippen molar-refractivity contribution in [1.29, 1.82) is 0 Å². The summed E-state index contributed by atoms with van der Waals surface area (Å²) in [5, 5.41) is 0. The standard InChI is InChI=1S/C22H34O3S/c1-18(17-26(23,24)14-7-5-6-13-22(2,3)4)20-9-8-10-21(15-20)25-16-19-11-12-19/h5-6,8-10,15,18-19H,7,11-14,16-17H2,1-4H3/b6-5-/t18-/m0/s1. The average molecular weight is 379 g/mol. The number of sulfone groups is 1. The number of rotatable bonds is 10. The highest BCUT2D eigenvalue weighted by molar-refractivity contribution is 7.91. The lowest BCUT2D eigenvalue weighted by Crippen LogP contribution is -2.16. The van der Waals surface area contributed by atoms with Gasteiger partial charge in [0.15, 0.2) is 9.84 Å². The van der Waals surface area contributed by atoms with Crippen molar-refractivity contribution in [2.75, 3.05) is 18.1 Å². The molecule has 1 saturated carbocycles. The molecule has 146 valence electrons. The van der Waals surface area contributed by atoms with E-state index in [1.165, 1.54) is 12.8 Å². The molecule has 0 amide bonds. The van der Waals surface area contributed by atoms with Crippen LogP contribution in [0.4, 0.5) is 0 Å². The van der Waals surface area contributed by atoms with Gasteiger partial charge in [0.25, 0.3) is 0 Å². The molecule has 1 aromatic carbocycles. The van der Waals surface area contributed by atoms with Crippen molar-refractivity contribution in [2.45, 2.75) is 59.3 Å². The summed E-state index contributed by atoms with van der Waals surface area (Å²) in [5.74, 6) is 1.94. The van der Waals surface area contributed by atoms with Gasteiger partial charge >= 0.3 is 0 Å². The minimum Gasteiger partial charge on any atom is -0.493 e. The Labute approximate surface area is 159 Å². The topological polar surface area (TPSA) is 43.4 Å². The molecule has 26 heavy (non-hydrogen) atoms. The monoisotopic (exact) mass is 378 g/mol. The third-order valence-corrected chi connectivity index (χ3v) is 6.47. The van der Waals surface area contributed by atoms with E-state index in [0.717, 1.165) is 24.3 Å². The largest absolute Gasteiger partial charge is 0.493 e. The fourth-order valence-electron chi connectivity index (χ4n) is 2.77. The van der Waals surface area contributed by atoms with Gasteiger partial charge in [0.1, 0.15) is 5.75 Å². The Hall–Kier alpha value is -1.29. The van der Waals surface area contributed by atoms with Gasteiger partial charge in [-0.25, -0.2) is 8.42 Å². The number of hydrogen-bond donors (Lipinski definition) is 0. The predicted molar refractivity (Wildman–Crippen MR) is 110 cm³/mol. The van der Waals surface area contributed by atoms with Crippen LogP contribution in [0.25, 0.3) is 0 Å². The zero-order valence-corrected chi connectivity index (χ0v) is 17.5. The fourth-order valence-corrected chi connectivity index (χ4v) is 4.39. The van der Waals surface area contributed by atoms with Crippen LogP contribution >= 0.6 is 0 Å². The molecule has 0 radical (unpaired) electrons. The van der Waals surface area contributed by atoms with Gasteiger partial charge in [-0.05, 0) is 60.6 Å². The number of allylic oxidation sites excluding steroid dienone is 2. The molecule has 3 nitrogen and oxygen atoms in total. The highest BCUT2D eigenvalue weighted by Gasteiger charge is 2.22. The van der Waals surface area contributed by atoms with E-state index in [0.29, 0.717) is 12.3 Å². The molecule has 0 saturated heterocycles. The lowest BCUT2D eigenvalue weighted by atomic mass is 9.92. The summed E-state index contributed by atoms with van der Waals surface area (Å²) in [4.78, 5) is 0. The molecule has 0 heterocycles. The van der Waals surface area contributed by atoms with Crippen LogP contribution in [0, 0.1) is 11.3 Å². The fraction of sp³-hybridized carbons (Fsp3) is 0.636. The van der Waals surface area contributed by atoms with Crippen LogP contribution < -0.4 is 4.74 Å². The Morgan fingerprint density at radius 3 is 2.62 bits per heavy atom. The first-order valence-corrected chi connectivity index (χ1v) is 11.5. The van der Waals surface area contributed by atoms with Gasteiger partial charge in [0.2, 0.25) is 0 Å². The minimum absolute atomic E-state index is 0.0250. The molecule has 1 aliphatic carbocycles. The summed E-state index contributed by atoms with van der Waals surface area (Å²) in [6.07, 6.45) is 8.18. The maximum Gasteiger partial charge on any atom is 0.151 e. The Morgan fingerprint density at radius 2 is 1.96 bits per heavy atom.